The lowest BCUT2D eigenvalue weighted by Gasteiger charge is -2.37. The molecule has 0 amide bonds. The highest BCUT2D eigenvalue weighted by atomic mass is 28.3. The first-order valence-corrected chi connectivity index (χ1v) is 9.10. The molecule has 1 aliphatic heterocycles. The fourth-order valence-corrected chi connectivity index (χ4v) is 8.05. The van der Waals surface area contributed by atoms with Crippen LogP contribution in [-0.2, 0) is 4.79 Å². The van der Waals surface area contributed by atoms with Crippen molar-refractivity contribution in [1.29, 1.82) is 0 Å². The van der Waals surface area contributed by atoms with Gasteiger partial charge in [0.05, 0.1) is 8.07 Å². The van der Waals surface area contributed by atoms with E-state index in [1.165, 1.54) is 0 Å². The highest BCUT2D eigenvalue weighted by Crippen LogP contribution is 2.41. The monoisotopic (exact) mass is 265 g/mol. The number of nitrogens with one attached hydrogen (secondary N) is 1. The molecule has 0 aromatic heterocycles. The number of carbonyl (C=O) groups is 1. The van der Waals surface area contributed by atoms with Crippen LogP contribution in [0.2, 0.25) is 23.7 Å². The van der Waals surface area contributed by atoms with E-state index in [2.05, 4.69) is 25.1 Å². The number of aliphatic carboxylic acids is 1. The molecular weight excluding hydrogens is 242 g/mol. The number of rotatable bonds is 8. The molecule has 0 aliphatic carbocycles. The Balaban J connectivity index is 3.05. The van der Waals surface area contributed by atoms with Crippen molar-refractivity contribution >= 4 is 14.0 Å². The summed E-state index contributed by atoms with van der Waals surface area (Å²) in [6, 6.07) is 2.39. The van der Waals surface area contributed by atoms with Gasteiger partial charge in [0.15, 0.2) is 0 Å². The minimum atomic E-state index is -1.79. The molecule has 1 heterocycles. The predicted octanol–water partition coefficient (Wildman–Crippen LogP) is 2.81. The SMILES string of the molecule is C=CC[Si](CC=C)(CC=C)C1CCN[C@@H]1C(=O)O. The van der Waals surface area contributed by atoms with Gasteiger partial charge in [-0.25, -0.2) is 0 Å². The van der Waals surface area contributed by atoms with Gasteiger partial charge in [-0.15, -0.1) is 19.7 Å². The lowest BCUT2D eigenvalue weighted by atomic mass is 10.2. The van der Waals surface area contributed by atoms with Gasteiger partial charge in [0, 0.05) is 0 Å². The minimum Gasteiger partial charge on any atom is -0.480 e. The van der Waals surface area contributed by atoms with E-state index < -0.39 is 20.1 Å². The molecule has 3 nitrogen and oxygen atoms in total. The van der Waals surface area contributed by atoms with Crippen LogP contribution in [0.5, 0.6) is 0 Å². The average Bonchev–Trinajstić information content (AvgIpc) is 2.79. The van der Waals surface area contributed by atoms with Crippen LogP contribution in [0.15, 0.2) is 38.0 Å². The van der Waals surface area contributed by atoms with Crippen molar-refractivity contribution < 1.29 is 9.90 Å². The van der Waals surface area contributed by atoms with Crippen LogP contribution in [0.4, 0.5) is 0 Å². The molecule has 1 fully saturated rings. The zero-order valence-electron chi connectivity index (χ0n) is 10.9. The molecule has 0 spiro atoms. The summed E-state index contributed by atoms with van der Waals surface area (Å²) in [5, 5.41) is 12.5. The van der Waals surface area contributed by atoms with Gasteiger partial charge in [-0.2, -0.15) is 0 Å². The summed E-state index contributed by atoms with van der Waals surface area (Å²) < 4.78 is 0. The lowest BCUT2D eigenvalue weighted by Crippen LogP contribution is -2.47. The largest absolute Gasteiger partial charge is 0.480 e. The number of carboxylic acids is 1. The van der Waals surface area contributed by atoms with Crippen LogP contribution < -0.4 is 5.32 Å². The summed E-state index contributed by atoms with van der Waals surface area (Å²) in [6.07, 6.45) is 6.77. The van der Waals surface area contributed by atoms with Gasteiger partial charge in [0.25, 0.3) is 0 Å². The highest BCUT2D eigenvalue weighted by molar-refractivity contribution is 6.82. The van der Waals surface area contributed by atoms with E-state index in [-0.39, 0.29) is 5.54 Å². The molecule has 0 aromatic carbocycles. The van der Waals surface area contributed by atoms with Crippen LogP contribution in [0.25, 0.3) is 0 Å². The number of hydrogen-bond donors (Lipinski definition) is 2. The van der Waals surface area contributed by atoms with Gasteiger partial charge in [-0.1, -0.05) is 18.2 Å². The molecular formula is C14H23NO2Si. The summed E-state index contributed by atoms with van der Waals surface area (Å²) in [4.78, 5) is 11.4. The zero-order chi connectivity index (χ0) is 13.6. The number of hydrogen-bond acceptors (Lipinski definition) is 2. The fourth-order valence-electron chi connectivity index (χ4n) is 3.19. The van der Waals surface area contributed by atoms with Gasteiger partial charge >= 0.3 is 5.97 Å². The Bertz CT molecular complexity index is 314. The smallest absolute Gasteiger partial charge is 0.320 e. The third kappa shape index (κ3) is 3.00. The fraction of sp³-hybridized carbons (Fsp3) is 0.500. The van der Waals surface area contributed by atoms with E-state index in [9.17, 15) is 9.90 Å². The Hall–Kier alpha value is -1.13. The summed E-state index contributed by atoms with van der Waals surface area (Å²) >= 11 is 0. The molecule has 0 saturated carbocycles. The molecule has 1 unspecified atom stereocenters. The second kappa shape index (κ2) is 6.71. The van der Waals surface area contributed by atoms with Gasteiger partial charge in [-0.3, -0.25) is 4.79 Å². The first-order chi connectivity index (χ1) is 8.61. The van der Waals surface area contributed by atoms with E-state index in [1.54, 1.807) is 0 Å². The molecule has 1 rings (SSSR count). The standard InChI is InChI=1S/C14H23NO2Si/c1-4-9-18(10-5-2,11-6-3)12-7-8-15-13(12)14(16)17/h4-6,12-13,15H,1-3,7-11H2,(H,16,17)/t12?,13-/m0/s1. The minimum absolute atomic E-state index is 0.240. The van der Waals surface area contributed by atoms with Gasteiger partial charge in [0.2, 0.25) is 0 Å². The predicted molar refractivity (Wildman–Crippen MR) is 78.6 cm³/mol. The lowest BCUT2D eigenvalue weighted by molar-refractivity contribution is -0.139. The third-order valence-electron chi connectivity index (χ3n) is 3.93. The van der Waals surface area contributed by atoms with E-state index in [0.29, 0.717) is 0 Å². The number of carboxylic acid groups (broad SMARTS) is 1. The maximum Gasteiger partial charge on any atom is 0.320 e. The van der Waals surface area contributed by atoms with E-state index >= 15 is 0 Å². The molecule has 0 aromatic rings. The first kappa shape index (κ1) is 14.9. The maximum atomic E-state index is 11.4. The normalized spacial score (nSPS) is 23.6. The molecule has 2 N–H and O–H groups in total. The Morgan fingerprint density at radius 2 is 1.72 bits per heavy atom. The summed E-state index contributed by atoms with van der Waals surface area (Å²) in [5.74, 6) is -0.730. The molecule has 4 heteroatoms. The molecule has 1 aliphatic rings. The summed E-state index contributed by atoms with van der Waals surface area (Å²) in [7, 11) is -1.79. The first-order valence-electron chi connectivity index (χ1n) is 6.40. The molecule has 0 bridgehead atoms. The van der Waals surface area contributed by atoms with E-state index in [4.69, 9.17) is 0 Å². The van der Waals surface area contributed by atoms with Crippen LogP contribution in [0.1, 0.15) is 6.42 Å². The quantitative estimate of drug-likeness (QED) is 0.524. The summed E-state index contributed by atoms with van der Waals surface area (Å²) in [6.45, 7) is 12.3. The Kier molecular flexibility index (Phi) is 5.56. The van der Waals surface area contributed by atoms with Gasteiger partial charge in [-0.05, 0) is 36.6 Å². The molecule has 1 saturated heterocycles. The van der Waals surface area contributed by atoms with Crippen molar-refractivity contribution in [2.75, 3.05) is 6.54 Å². The van der Waals surface area contributed by atoms with Crippen LogP contribution in [-0.4, -0.2) is 31.7 Å². The van der Waals surface area contributed by atoms with Crippen molar-refractivity contribution in [2.45, 2.75) is 36.1 Å². The zero-order valence-corrected chi connectivity index (χ0v) is 11.9. The van der Waals surface area contributed by atoms with Crippen molar-refractivity contribution in [1.82, 2.24) is 5.32 Å². The number of allylic oxidation sites excluding steroid dienone is 3. The Labute approximate surface area is 110 Å². The van der Waals surface area contributed by atoms with Crippen LogP contribution in [0.3, 0.4) is 0 Å². The van der Waals surface area contributed by atoms with Crippen LogP contribution >= 0.6 is 0 Å². The van der Waals surface area contributed by atoms with Crippen LogP contribution in [0, 0.1) is 0 Å². The maximum absolute atomic E-state index is 11.4. The molecule has 18 heavy (non-hydrogen) atoms. The van der Waals surface area contributed by atoms with E-state index in [1.807, 2.05) is 18.2 Å². The Morgan fingerprint density at radius 3 is 2.11 bits per heavy atom. The average molecular weight is 265 g/mol. The van der Waals surface area contributed by atoms with E-state index in [0.717, 1.165) is 31.1 Å². The second-order valence-corrected chi connectivity index (χ2v) is 9.70. The van der Waals surface area contributed by atoms with Crippen molar-refractivity contribution in [3.63, 3.8) is 0 Å². The van der Waals surface area contributed by atoms with Gasteiger partial charge in [0.1, 0.15) is 6.04 Å². The molecule has 100 valence electrons. The molecule has 2 atom stereocenters. The summed E-state index contributed by atoms with van der Waals surface area (Å²) in [5.41, 5.74) is 0.240. The Morgan fingerprint density at radius 1 is 1.22 bits per heavy atom. The van der Waals surface area contributed by atoms with Gasteiger partial charge < -0.3 is 10.4 Å². The third-order valence-corrected chi connectivity index (χ3v) is 9.43. The van der Waals surface area contributed by atoms with Crippen molar-refractivity contribution in [2.24, 2.45) is 0 Å². The van der Waals surface area contributed by atoms with Crippen molar-refractivity contribution in [3.05, 3.63) is 38.0 Å². The topological polar surface area (TPSA) is 49.3 Å². The van der Waals surface area contributed by atoms with Crippen molar-refractivity contribution in [3.8, 4) is 0 Å². The highest BCUT2D eigenvalue weighted by Gasteiger charge is 2.47. The molecule has 0 radical (unpaired) electrons. The second-order valence-electron chi connectivity index (χ2n) is 5.01.